The van der Waals surface area contributed by atoms with Crippen molar-refractivity contribution in [2.24, 2.45) is 9.98 Å². The SMILES string of the molecule is COC(=O)C[C@@H]1N=C(c2ccc(Cl)cc2)c2c(sc(C(=O)CCCOCCOCCOCCOCCOCCOCCNC(=O)c3sc4c(c3C)C(c3ccc(Cl)cc3)=N[C@@H](CC(=O)OC)c3nnc(C)n3-4)c2C)-n2c(C)nnc21. The maximum Gasteiger partial charge on any atom is 0.308 e. The molecule has 1 N–H and O–H groups in total. The number of aliphatic imine (C=N–C) groups is 2. The first-order valence-corrected chi connectivity index (χ1v) is 28.4. The zero-order chi connectivity index (χ0) is 56.7. The predicted octanol–water partition coefficient (Wildman–Crippen LogP) is 7.91. The first-order chi connectivity index (χ1) is 38.8. The molecule has 2 aliphatic heterocycles. The number of hydrogen-bond donors (Lipinski definition) is 1. The van der Waals surface area contributed by atoms with Gasteiger partial charge >= 0.3 is 11.9 Å². The number of methoxy groups -OCH3 is 2. The van der Waals surface area contributed by atoms with Gasteiger partial charge in [0.15, 0.2) is 17.4 Å². The zero-order valence-corrected chi connectivity index (χ0v) is 48.5. The van der Waals surface area contributed by atoms with Crippen molar-refractivity contribution >= 4 is 80.9 Å². The van der Waals surface area contributed by atoms with Gasteiger partial charge in [-0.15, -0.1) is 43.1 Å². The van der Waals surface area contributed by atoms with Crippen molar-refractivity contribution in [3.63, 3.8) is 0 Å². The maximum atomic E-state index is 13.7. The molecule has 1 amide bonds. The van der Waals surface area contributed by atoms with Gasteiger partial charge in [-0.25, -0.2) is 0 Å². The fourth-order valence-electron chi connectivity index (χ4n) is 8.98. The van der Waals surface area contributed by atoms with Crippen LogP contribution in [0, 0.1) is 27.7 Å². The van der Waals surface area contributed by atoms with Crippen LogP contribution in [0.5, 0.6) is 0 Å². The van der Waals surface area contributed by atoms with E-state index in [9.17, 15) is 19.2 Å². The number of rotatable bonds is 30. The van der Waals surface area contributed by atoms with E-state index in [1.165, 1.54) is 36.9 Å². The maximum absolute atomic E-state index is 13.7. The summed E-state index contributed by atoms with van der Waals surface area (Å²) in [5.41, 5.74) is 5.86. The lowest BCUT2D eigenvalue weighted by Gasteiger charge is -2.12. The summed E-state index contributed by atoms with van der Waals surface area (Å²) in [7, 11) is 2.67. The van der Waals surface area contributed by atoms with Crippen molar-refractivity contribution in [3.05, 3.63) is 125 Å². The summed E-state index contributed by atoms with van der Waals surface area (Å²) < 4.78 is 47.7. The van der Waals surface area contributed by atoms with Crippen LogP contribution in [-0.2, 0) is 47.5 Å². The van der Waals surface area contributed by atoms with Gasteiger partial charge in [0.05, 0.1) is 121 Å². The third-order valence-electron chi connectivity index (χ3n) is 13.0. The van der Waals surface area contributed by atoms with Crippen LogP contribution in [0.15, 0.2) is 58.5 Å². The van der Waals surface area contributed by atoms with Crippen LogP contribution in [0.4, 0.5) is 0 Å². The lowest BCUT2D eigenvalue weighted by Crippen LogP contribution is -2.27. The highest BCUT2D eigenvalue weighted by Crippen LogP contribution is 2.42. The molecule has 2 aromatic carbocycles. The number of Topliss-reactive ketones (excluding diaryl/α,β-unsaturated/α-hetero) is 1. The first kappa shape index (κ1) is 60.0. The molecule has 8 rings (SSSR count). The van der Waals surface area contributed by atoms with Crippen molar-refractivity contribution in [1.82, 2.24) is 34.8 Å². The molecule has 2 aliphatic rings. The number of carbonyl (C=O) groups excluding carboxylic acids is 4. The predicted molar refractivity (Wildman–Crippen MR) is 301 cm³/mol. The number of fused-ring (bicyclic) bond motifs is 6. The van der Waals surface area contributed by atoms with Gasteiger partial charge in [0, 0.05) is 51.9 Å². The number of carbonyl (C=O) groups is 4. The Kier molecular flexibility index (Phi) is 21.8. The Morgan fingerprint density at radius 2 is 0.925 bits per heavy atom. The van der Waals surface area contributed by atoms with E-state index in [2.05, 4.69) is 25.7 Å². The summed E-state index contributed by atoms with van der Waals surface area (Å²) in [6.45, 7) is 12.3. The third-order valence-corrected chi connectivity index (χ3v) is 16.1. The van der Waals surface area contributed by atoms with Crippen LogP contribution in [0.3, 0.4) is 0 Å². The van der Waals surface area contributed by atoms with Crippen LogP contribution >= 0.6 is 45.9 Å². The smallest absolute Gasteiger partial charge is 0.308 e. The summed E-state index contributed by atoms with van der Waals surface area (Å²) in [4.78, 5) is 63.5. The highest BCUT2D eigenvalue weighted by molar-refractivity contribution is 7.17. The van der Waals surface area contributed by atoms with Crippen molar-refractivity contribution in [3.8, 4) is 10.0 Å². The second-order valence-corrected chi connectivity index (χ2v) is 21.2. The average Bonchev–Trinajstić information content (AvgIpc) is 4.23. The molecule has 0 bridgehead atoms. The van der Waals surface area contributed by atoms with E-state index in [1.54, 1.807) is 24.3 Å². The van der Waals surface area contributed by atoms with Gasteiger partial charge in [-0.05, 0) is 69.5 Å². The largest absolute Gasteiger partial charge is 0.469 e. The summed E-state index contributed by atoms with van der Waals surface area (Å²) >= 11 is 15.1. The number of ketones is 1. The monoisotopic (exact) mass is 1180 g/mol. The van der Waals surface area contributed by atoms with Crippen molar-refractivity contribution in [1.29, 1.82) is 0 Å². The quantitative estimate of drug-likeness (QED) is 0.0256. The molecular weight excluding hydrogens is 1110 g/mol. The van der Waals surface area contributed by atoms with Crippen LogP contribution in [0.1, 0.15) is 114 Å². The first-order valence-electron chi connectivity index (χ1n) is 26.0. The Balaban J connectivity index is 0.663. The molecule has 80 heavy (non-hydrogen) atoms. The molecule has 0 radical (unpaired) electrons. The van der Waals surface area contributed by atoms with E-state index in [1.807, 2.05) is 61.1 Å². The number of halogens is 2. The molecular formula is C55H63Cl2N9O12S2. The minimum Gasteiger partial charge on any atom is -0.469 e. The van der Waals surface area contributed by atoms with E-state index in [-0.39, 0.29) is 44.1 Å². The Morgan fingerprint density at radius 3 is 1.35 bits per heavy atom. The van der Waals surface area contributed by atoms with Gasteiger partial charge in [0.25, 0.3) is 5.91 Å². The minimum absolute atomic E-state index is 0.00708. The Morgan fingerprint density at radius 1 is 0.537 bits per heavy atom. The number of benzene rings is 2. The number of ether oxygens (including phenoxy) is 8. The van der Waals surface area contributed by atoms with Crippen molar-refractivity contribution in [2.75, 3.05) is 100 Å². The number of hydrogen-bond acceptors (Lipinski definition) is 20. The average molecular weight is 1180 g/mol. The summed E-state index contributed by atoms with van der Waals surface area (Å²) in [6, 6.07) is 13.2. The fourth-order valence-corrected chi connectivity index (χ4v) is 11.8. The second kappa shape index (κ2) is 29.0. The van der Waals surface area contributed by atoms with Gasteiger partial charge in [0.1, 0.15) is 33.7 Å². The van der Waals surface area contributed by atoms with Gasteiger partial charge in [-0.2, -0.15) is 0 Å². The summed E-state index contributed by atoms with van der Waals surface area (Å²) in [6.07, 6.45) is 0.754. The fraction of sp³-hybridized carbons (Fsp3) is 0.455. The van der Waals surface area contributed by atoms with E-state index in [4.69, 9.17) is 71.1 Å². The van der Waals surface area contributed by atoms with E-state index in [0.717, 1.165) is 43.4 Å². The number of aryl methyl sites for hydroxylation is 2. The van der Waals surface area contributed by atoms with Crippen molar-refractivity contribution < 1.29 is 57.1 Å². The normalized spacial score (nSPS) is 14.5. The van der Waals surface area contributed by atoms with E-state index in [0.29, 0.717) is 134 Å². The molecule has 0 saturated heterocycles. The Bertz CT molecular complexity index is 2980. The van der Waals surface area contributed by atoms with Crippen LogP contribution < -0.4 is 5.32 Å². The molecule has 2 atom stereocenters. The Hall–Kier alpha value is -6.12. The number of nitrogens with zero attached hydrogens (tertiary/aromatic N) is 8. The second-order valence-electron chi connectivity index (χ2n) is 18.4. The molecule has 426 valence electrons. The van der Waals surface area contributed by atoms with Crippen LogP contribution in [-0.4, -0.2) is 165 Å². The van der Waals surface area contributed by atoms with E-state index >= 15 is 0 Å². The zero-order valence-electron chi connectivity index (χ0n) is 45.3. The molecule has 4 aromatic heterocycles. The minimum atomic E-state index is -0.671. The molecule has 0 unspecified atom stereocenters. The van der Waals surface area contributed by atoms with Gasteiger partial charge < -0.3 is 43.2 Å². The van der Waals surface area contributed by atoms with Crippen LogP contribution in [0.2, 0.25) is 10.0 Å². The van der Waals surface area contributed by atoms with Crippen LogP contribution in [0.25, 0.3) is 10.0 Å². The van der Waals surface area contributed by atoms with E-state index < -0.39 is 24.0 Å². The molecule has 25 heteroatoms. The molecule has 0 fully saturated rings. The van der Waals surface area contributed by atoms with Gasteiger partial charge in [-0.1, -0.05) is 47.5 Å². The Labute approximate surface area is 480 Å². The molecule has 6 aromatic rings. The highest BCUT2D eigenvalue weighted by Gasteiger charge is 2.36. The number of amides is 1. The molecule has 0 saturated carbocycles. The molecule has 6 heterocycles. The number of nitrogens with one attached hydrogen (secondary N) is 1. The number of aromatic nitrogens is 6. The lowest BCUT2D eigenvalue weighted by molar-refractivity contribution is -0.142. The molecule has 0 aliphatic carbocycles. The van der Waals surface area contributed by atoms with Crippen molar-refractivity contribution in [2.45, 2.75) is 65.5 Å². The number of esters is 2. The van der Waals surface area contributed by atoms with Gasteiger partial charge in [0.2, 0.25) is 0 Å². The van der Waals surface area contributed by atoms with Gasteiger partial charge in [-0.3, -0.25) is 38.3 Å². The standard InChI is InChI=1S/C55H63Cl2N9O12S2/c1-32-45-47(36-9-13-38(56)14-10-36)59-40(30-43(68)71-5)51-63-61-34(3)65(51)54(45)79-49(32)42(67)8-7-18-73-20-22-75-24-26-77-28-29-78-27-25-76-23-21-74-19-17-58-53(70)50-33(2)46-48(37-11-15-39(57)16-12-37)60-41(31-44(69)72-6)52-64-62-35(4)66(52)55(46)80-50/h9-16,40-41H,7-8,17-31H2,1-6H3,(H,58,70)/t40-,41-/m0/s1. The lowest BCUT2D eigenvalue weighted by atomic mass is 9.98. The highest BCUT2D eigenvalue weighted by atomic mass is 35.5. The molecule has 0 spiro atoms. The summed E-state index contributed by atoms with van der Waals surface area (Å²) in [5, 5.41) is 23.0. The molecule has 21 nitrogen and oxygen atoms in total. The summed E-state index contributed by atoms with van der Waals surface area (Å²) in [5.74, 6) is 1.05. The number of thiophene rings is 2. The topological polar surface area (TPSA) is 240 Å². The third kappa shape index (κ3) is 14.7.